The average Bonchev–Trinajstić information content (AvgIpc) is 3.37. The second kappa shape index (κ2) is 23.7. The molecule has 0 spiro atoms. The Morgan fingerprint density at radius 3 is 1.43 bits per heavy atom. The fourth-order valence-corrected chi connectivity index (χ4v) is 7.73. The Kier molecular flexibility index (Phi) is 16.8. The zero-order chi connectivity index (χ0) is 47.8. The van der Waals surface area contributed by atoms with Crippen molar-refractivity contribution in [2.75, 3.05) is 30.3 Å². The molecular formula is C54H56F2N10O2. The normalized spacial score (nSPS) is 11.9. The molecule has 348 valence electrons. The van der Waals surface area contributed by atoms with Crippen LogP contribution in [0, 0.1) is 11.6 Å². The lowest BCUT2D eigenvalue weighted by Gasteiger charge is -2.21. The predicted octanol–water partition coefficient (Wildman–Crippen LogP) is 8.69. The van der Waals surface area contributed by atoms with Crippen LogP contribution >= 0.6 is 0 Å². The standard InChI is InChI=1S/C29H32FN5O.C25H24FN5O/c1-3-4-16-32-25(19-21-8-6-5-7-9-21)20-33-29-34-27(23-14-17-31-18-15-23)26(28(36)35(29)2)22-10-12-24(30)13-11-22;1-31-24(32)22(18-7-9-20(26)10-8-18)23(19-11-13-28-14-12-19)30-25(31)29-16-21(27)15-17-5-3-2-4-6-17/h5-15,17-18,25,32H,3-4,16,19-20H2,1-2H3,(H,33,34);2-14,21H,15-16,27H2,1H3,(H,29,30)/t25-;21-/m00/s1. The van der Waals surface area contributed by atoms with E-state index in [1.54, 1.807) is 75.3 Å². The van der Waals surface area contributed by atoms with Crippen molar-refractivity contribution in [1.82, 2.24) is 34.4 Å². The van der Waals surface area contributed by atoms with Crippen molar-refractivity contribution < 1.29 is 8.78 Å². The summed E-state index contributed by atoms with van der Waals surface area (Å²) in [5.74, 6) is 0.172. The maximum atomic E-state index is 13.6. The molecule has 8 rings (SSSR count). The van der Waals surface area contributed by atoms with Gasteiger partial charge in [0.15, 0.2) is 0 Å². The third kappa shape index (κ3) is 12.6. The van der Waals surface area contributed by atoms with Crippen LogP contribution in [0.4, 0.5) is 20.7 Å². The Balaban J connectivity index is 0.000000203. The third-order valence-corrected chi connectivity index (χ3v) is 11.4. The third-order valence-electron chi connectivity index (χ3n) is 11.4. The van der Waals surface area contributed by atoms with Crippen molar-refractivity contribution in [2.24, 2.45) is 19.8 Å². The van der Waals surface area contributed by atoms with Gasteiger partial charge in [-0.25, -0.2) is 18.7 Å². The molecule has 14 heteroatoms. The molecule has 0 aliphatic heterocycles. The molecule has 12 nitrogen and oxygen atoms in total. The van der Waals surface area contributed by atoms with Crippen molar-refractivity contribution in [3.8, 4) is 44.8 Å². The molecule has 5 N–H and O–H groups in total. The minimum absolute atomic E-state index is 0.157. The molecule has 0 bridgehead atoms. The van der Waals surface area contributed by atoms with Crippen LogP contribution in [-0.2, 0) is 26.9 Å². The summed E-state index contributed by atoms with van der Waals surface area (Å²) in [6, 6.07) is 39.4. The van der Waals surface area contributed by atoms with Gasteiger partial charge in [-0.3, -0.25) is 28.7 Å². The fourth-order valence-electron chi connectivity index (χ4n) is 7.73. The van der Waals surface area contributed by atoms with E-state index in [4.69, 9.17) is 15.7 Å². The largest absolute Gasteiger partial charge is 0.354 e. The molecule has 0 amide bonds. The monoisotopic (exact) mass is 914 g/mol. The van der Waals surface area contributed by atoms with E-state index >= 15 is 0 Å². The van der Waals surface area contributed by atoms with E-state index in [1.807, 2.05) is 60.7 Å². The van der Waals surface area contributed by atoms with Crippen LogP contribution in [0.15, 0.2) is 168 Å². The van der Waals surface area contributed by atoms with Gasteiger partial charge in [0.2, 0.25) is 11.9 Å². The molecule has 4 aromatic heterocycles. The van der Waals surface area contributed by atoms with Crippen molar-refractivity contribution in [1.29, 1.82) is 0 Å². The zero-order valence-electron chi connectivity index (χ0n) is 38.4. The number of nitrogens with one attached hydrogen (secondary N) is 3. The van der Waals surface area contributed by atoms with Gasteiger partial charge in [0.05, 0.1) is 22.5 Å². The highest BCUT2D eigenvalue weighted by molar-refractivity contribution is 5.82. The number of hydrogen-bond acceptors (Lipinski definition) is 10. The first kappa shape index (κ1) is 48.3. The highest BCUT2D eigenvalue weighted by Crippen LogP contribution is 2.30. The van der Waals surface area contributed by atoms with E-state index < -0.39 is 0 Å². The van der Waals surface area contributed by atoms with Crippen LogP contribution in [0.3, 0.4) is 0 Å². The summed E-state index contributed by atoms with van der Waals surface area (Å²) in [5, 5.41) is 10.3. The van der Waals surface area contributed by atoms with E-state index in [-0.39, 0.29) is 34.8 Å². The summed E-state index contributed by atoms with van der Waals surface area (Å²) in [7, 11) is 3.36. The lowest BCUT2D eigenvalue weighted by molar-refractivity contribution is 0.513. The maximum Gasteiger partial charge on any atom is 0.263 e. The summed E-state index contributed by atoms with van der Waals surface area (Å²) in [5.41, 5.74) is 12.8. The quantitative estimate of drug-likeness (QED) is 0.0614. The van der Waals surface area contributed by atoms with Crippen LogP contribution in [0.5, 0.6) is 0 Å². The average molecular weight is 915 g/mol. The molecule has 8 aromatic rings. The molecule has 0 saturated heterocycles. The Labute approximate surface area is 395 Å². The topological polar surface area (TPSA) is 158 Å². The van der Waals surface area contributed by atoms with E-state index in [0.717, 1.165) is 42.5 Å². The van der Waals surface area contributed by atoms with Gasteiger partial charge >= 0.3 is 0 Å². The van der Waals surface area contributed by atoms with Gasteiger partial charge in [-0.1, -0.05) is 98.3 Å². The maximum absolute atomic E-state index is 13.6. The molecule has 4 heterocycles. The first-order valence-electron chi connectivity index (χ1n) is 22.7. The number of hydrogen-bond donors (Lipinski definition) is 4. The number of nitrogens with two attached hydrogens (primary N) is 1. The summed E-state index contributed by atoms with van der Waals surface area (Å²) in [6.45, 7) is 4.15. The van der Waals surface area contributed by atoms with Crippen LogP contribution in [0.25, 0.3) is 44.8 Å². The summed E-state index contributed by atoms with van der Waals surface area (Å²) in [6.07, 6.45) is 10.4. The molecule has 68 heavy (non-hydrogen) atoms. The van der Waals surface area contributed by atoms with E-state index in [0.29, 0.717) is 65.0 Å². The molecule has 0 radical (unpaired) electrons. The van der Waals surface area contributed by atoms with Crippen LogP contribution in [0.1, 0.15) is 30.9 Å². The summed E-state index contributed by atoms with van der Waals surface area (Å²) >= 11 is 0. The second-order valence-corrected chi connectivity index (χ2v) is 16.4. The SMILES string of the molecule is CCCCN[C@H](CNc1nc(-c2ccncc2)c(-c2ccc(F)cc2)c(=O)n1C)Cc1ccccc1.Cn1c(NC[C@@H](N)Cc2ccccc2)nc(-c2ccncc2)c(-c2ccc(F)cc2)c1=O. The van der Waals surface area contributed by atoms with Gasteiger partial charge in [-0.05, 0) is 96.6 Å². The van der Waals surface area contributed by atoms with Gasteiger partial charge in [0.25, 0.3) is 11.1 Å². The number of aromatic nitrogens is 6. The number of benzene rings is 4. The second-order valence-electron chi connectivity index (χ2n) is 16.4. The predicted molar refractivity (Wildman–Crippen MR) is 268 cm³/mol. The summed E-state index contributed by atoms with van der Waals surface area (Å²) in [4.78, 5) is 44.7. The molecule has 0 aliphatic rings. The van der Waals surface area contributed by atoms with Gasteiger partial charge in [-0.2, -0.15) is 0 Å². The van der Waals surface area contributed by atoms with Crippen molar-refractivity contribution >= 4 is 11.9 Å². The molecule has 4 aromatic carbocycles. The minimum atomic E-state index is -0.366. The summed E-state index contributed by atoms with van der Waals surface area (Å²) < 4.78 is 30.0. The van der Waals surface area contributed by atoms with E-state index in [2.05, 4.69) is 45.0 Å². The smallest absolute Gasteiger partial charge is 0.263 e. The molecule has 0 fully saturated rings. The number of unbranched alkanes of at least 4 members (excludes halogenated alkanes) is 1. The van der Waals surface area contributed by atoms with Crippen molar-refractivity contribution in [3.05, 3.63) is 202 Å². The number of anilines is 2. The highest BCUT2D eigenvalue weighted by atomic mass is 19.1. The molecule has 0 saturated carbocycles. The number of halogens is 2. The first-order chi connectivity index (χ1) is 33.1. The van der Waals surface area contributed by atoms with Gasteiger partial charge < -0.3 is 21.7 Å². The lowest BCUT2D eigenvalue weighted by atomic mass is 10.0. The van der Waals surface area contributed by atoms with E-state index in [1.165, 1.54) is 39.0 Å². The number of pyridine rings is 2. The fraction of sp³-hybridized carbons (Fsp3) is 0.222. The van der Waals surface area contributed by atoms with Crippen LogP contribution in [-0.4, -0.2) is 60.8 Å². The van der Waals surface area contributed by atoms with Crippen molar-refractivity contribution in [3.63, 3.8) is 0 Å². The molecule has 0 unspecified atom stereocenters. The number of rotatable bonds is 18. The first-order valence-corrected chi connectivity index (χ1v) is 22.7. The molecular weight excluding hydrogens is 859 g/mol. The lowest BCUT2D eigenvalue weighted by Crippen LogP contribution is -2.39. The van der Waals surface area contributed by atoms with Crippen LogP contribution in [0.2, 0.25) is 0 Å². The minimum Gasteiger partial charge on any atom is -0.354 e. The zero-order valence-corrected chi connectivity index (χ0v) is 38.4. The Bertz CT molecular complexity index is 2960. The molecule has 0 aliphatic carbocycles. The number of nitrogens with zero attached hydrogens (tertiary/aromatic N) is 6. The molecule has 2 atom stereocenters. The van der Waals surface area contributed by atoms with E-state index in [9.17, 15) is 18.4 Å². The van der Waals surface area contributed by atoms with Crippen LogP contribution < -0.4 is 32.8 Å². The Morgan fingerprint density at radius 1 is 0.559 bits per heavy atom. The van der Waals surface area contributed by atoms with Crippen molar-refractivity contribution in [2.45, 2.75) is 44.7 Å². The Hall–Kier alpha value is -7.68. The van der Waals surface area contributed by atoms with Gasteiger partial charge in [0.1, 0.15) is 11.6 Å². The highest BCUT2D eigenvalue weighted by Gasteiger charge is 2.21. The van der Waals surface area contributed by atoms with Gasteiger partial charge in [-0.15, -0.1) is 0 Å². The Morgan fingerprint density at radius 2 is 0.985 bits per heavy atom. The van der Waals surface area contributed by atoms with Gasteiger partial charge in [0, 0.05) is 75.2 Å².